The van der Waals surface area contributed by atoms with E-state index in [1.807, 2.05) is 66.7 Å². The molecular formula is C24H24N4O2. The lowest BCUT2D eigenvalue weighted by Gasteiger charge is -2.23. The third-order valence-corrected chi connectivity index (χ3v) is 5.01. The normalized spacial score (nSPS) is 10.9. The molecule has 0 bridgehead atoms. The number of carbonyl (C=O) groups excluding carboxylic acids is 1. The monoisotopic (exact) mass is 400 g/mol. The number of hydrogen-bond acceptors (Lipinski definition) is 4. The summed E-state index contributed by atoms with van der Waals surface area (Å²) in [5.74, 6) is 1.35. The molecule has 0 N–H and O–H groups in total. The van der Waals surface area contributed by atoms with Gasteiger partial charge in [0.05, 0.1) is 19.0 Å². The molecular weight excluding hydrogens is 376 g/mol. The first kappa shape index (κ1) is 19.6. The fourth-order valence-electron chi connectivity index (χ4n) is 3.38. The molecule has 2 heterocycles. The highest BCUT2D eigenvalue weighted by atomic mass is 16.5. The van der Waals surface area contributed by atoms with E-state index in [-0.39, 0.29) is 5.91 Å². The fourth-order valence-corrected chi connectivity index (χ4v) is 3.38. The fraction of sp³-hybridized carbons (Fsp3) is 0.208. The summed E-state index contributed by atoms with van der Waals surface area (Å²) in [6, 6.07) is 20.9. The summed E-state index contributed by atoms with van der Waals surface area (Å²) in [5, 5.41) is 4.42. The summed E-state index contributed by atoms with van der Waals surface area (Å²) in [6.45, 7) is 2.71. The van der Waals surface area contributed by atoms with E-state index >= 15 is 0 Å². The van der Waals surface area contributed by atoms with Crippen molar-refractivity contribution in [1.82, 2.24) is 14.6 Å². The molecule has 30 heavy (non-hydrogen) atoms. The highest BCUT2D eigenvalue weighted by Crippen LogP contribution is 2.27. The Bertz CT molecular complexity index is 1140. The van der Waals surface area contributed by atoms with Crippen molar-refractivity contribution >= 4 is 17.4 Å². The number of ether oxygens (including phenoxy) is 1. The highest BCUT2D eigenvalue weighted by Gasteiger charge is 2.21. The van der Waals surface area contributed by atoms with Crippen molar-refractivity contribution in [3.8, 4) is 17.0 Å². The molecule has 4 rings (SSSR count). The number of aromatic nitrogens is 3. The molecule has 4 aromatic rings. The predicted molar refractivity (Wildman–Crippen MR) is 118 cm³/mol. The molecule has 0 aliphatic carbocycles. The van der Waals surface area contributed by atoms with Crippen molar-refractivity contribution in [3.63, 3.8) is 0 Å². The Balaban J connectivity index is 1.81. The zero-order valence-corrected chi connectivity index (χ0v) is 17.2. The molecule has 152 valence electrons. The van der Waals surface area contributed by atoms with Gasteiger partial charge in [0.15, 0.2) is 5.65 Å². The lowest BCUT2D eigenvalue weighted by atomic mass is 10.1. The number of benzene rings is 2. The first-order valence-electron chi connectivity index (χ1n) is 10.1. The van der Waals surface area contributed by atoms with Gasteiger partial charge in [-0.2, -0.15) is 5.10 Å². The van der Waals surface area contributed by atoms with Crippen LogP contribution in [0.1, 0.15) is 30.1 Å². The Labute approximate surface area is 175 Å². The van der Waals surface area contributed by atoms with Gasteiger partial charge in [-0.25, -0.2) is 9.50 Å². The molecule has 0 aliphatic rings. The van der Waals surface area contributed by atoms with Crippen molar-refractivity contribution in [2.24, 2.45) is 0 Å². The lowest BCUT2D eigenvalue weighted by Crippen LogP contribution is -2.33. The van der Waals surface area contributed by atoms with Gasteiger partial charge in [0.2, 0.25) is 0 Å². The summed E-state index contributed by atoms with van der Waals surface area (Å²) in [6.07, 6.45) is 3.59. The van der Waals surface area contributed by atoms with Crippen LogP contribution in [0.5, 0.6) is 5.75 Å². The van der Waals surface area contributed by atoms with E-state index in [0.29, 0.717) is 23.6 Å². The molecule has 0 saturated heterocycles. The van der Waals surface area contributed by atoms with Gasteiger partial charge < -0.3 is 4.74 Å². The number of methoxy groups -OCH3 is 1. The minimum atomic E-state index is -0.0545. The molecule has 2 aromatic carbocycles. The minimum Gasteiger partial charge on any atom is -0.497 e. The van der Waals surface area contributed by atoms with E-state index in [2.05, 4.69) is 12.0 Å². The summed E-state index contributed by atoms with van der Waals surface area (Å²) in [4.78, 5) is 19.8. The predicted octanol–water partition coefficient (Wildman–Crippen LogP) is 4.85. The van der Waals surface area contributed by atoms with E-state index in [0.717, 1.165) is 29.8 Å². The molecule has 0 radical (unpaired) electrons. The van der Waals surface area contributed by atoms with Gasteiger partial charge in [0.25, 0.3) is 5.91 Å². The first-order valence-corrected chi connectivity index (χ1v) is 10.1. The van der Waals surface area contributed by atoms with E-state index < -0.39 is 0 Å². The lowest BCUT2D eigenvalue weighted by molar-refractivity contribution is 0.0986. The van der Waals surface area contributed by atoms with Gasteiger partial charge in [-0.1, -0.05) is 31.5 Å². The van der Waals surface area contributed by atoms with Gasteiger partial charge in [0.1, 0.15) is 11.6 Å². The molecule has 0 atom stereocenters. The third kappa shape index (κ3) is 3.89. The van der Waals surface area contributed by atoms with E-state index in [9.17, 15) is 4.79 Å². The maximum absolute atomic E-state index is 13.3. The second kappa shape index (κ2) is 8.78. The maximum atomic E-state index is 13.3. The van der Waals surface area contributed by atoms with Gasteiger partial charge in [-0.05, 0) is 42.8 Å². The zero-order chi connectivity index (χ0) is 20.9. The van der Waals surface area contributed by atoms with Crippen LogP contribution >= 0.6 is 0 Å². The highest BCUT2D eigenvalue weighted by molar-refractivity contribution is 6.05. The molecule has 0 fully saturated rings. The van der Waals surface area contributed by atoms with Crippen LogP contribution in [0.3, 0.4) is 0 Å². The van der Waals surface area contributed by atoms with Gasteiger partial charge in [-0.3, -0.25) is 9.69 Å². The summed E-state index contributed by atoms with van der Waals surface area (Å²) in [5.41, 5.74) is 3.18. The molecule has 0 unspecified atom stereocenters. The number of carbonyl (C=O) groups is 1. The molecule has 1 amide bonds. The number of amides is 1. The molecule has 0 spiro atoms. The number of fused-ring (bicyclic) bond motifs is 1. The van der Waals surface area contributed by atoms with Crippen molar-refractivity contribution in [2.45, 2.75) is 19.8 Å². The number of nitrogens with zero attached hydrogens (tertiary/aromatic N) is 4. The van der Waals surface area contributed by atoms with Crippen LogP contribution in [0, 0.1) is 0 Å². The number of unbranched alkanes of at least 4 members (excludes halogenated alkanes) is 1. The molecule has 0 saturated carbocycles. The van der Waals surface area contributed by atoms with Crippen molar-refractivity contribution in [1.29, 1.82) is 0 Å². The molecule has 2 aromatic heterocycles. The largest absolute Gasteiger partial charge is 0.497 e. The SMILES string of the molecule is CCCCN(C(=O)c1ccccc1)c1cc(-c2ccc(OC)cc2)n2nccc2n1. The summed E-state index contributed by atoms with van der Waals surface area (Å²) >= 11 is 0. The molecule has 6 heteroatoms. The van der Waals surface area contributed by atoms with Gasteiger partial charge in [0, 0.05) is 29.8 Å². The standard InChI is InChI=1S/C24H24N4O2/c1-3-4-16-27(24(29)19-8-6-5-7-9-19)23-17-21(28-22(26-23)14-15-25-28)18-10-12-20(30-2)13-11-18/h5-15,17H,3-4,16H2,1-2H3. The van der Waals surface area contributed by atoms with Crippen LogP contribution in [-0.2, 0) is 0 Å². The number of rotatable bonds is 7. The van der Waals surface area contributed by atoms with Crippen LogP contribution in [0.15, 0.2) is 72.9 Å². The van der Waals surface area contributed by atoms with Crippen LogP contribution in [-0.4, -0.2) is 34.2 Å². The van der Waals surface area contributed by atoms with Gasteiger partial charge >= 0.3 is 0 Å². The Hall–Kier alpha value is -3.67. The van der Waals surface area contributed by atoms with E-state index in [1.54, 1.807) is 22.7 Å². The Morgan fingerprint density at radius 3 is 2.53 bits per heavy atom. The quantitative estimate of drug-likeness (QED) is 0.445. The average Bonchev–Trinajstić information content (AvgIpc) is 3.28. The number of anilines is 1. The van der Waals surface area contributed by atoms with Crippen LogP contribution in [0.4, 0.5) is 5.82 Å². The molecule has 0 aliphatic heterocycles. The Morgan fingerprint density at radius 2 is 1.83 bits per heavy atom. The van der Waals surface area contributed by atoms with Crippen LogP contribution in [0.25, 0.3) is 16.9 Å². The van der Waals surface area contributed by atoms with Crippen LogP contribution in [0.2, 0.25) is 0 Å². The van der Waals surface area contributed by atoms with Crippen molar-refractivity contribution in [2.75, 3.05) is 18.6 Å². The molecule has 6 nitrogen and oxygen atoms in total. The van der Waals surface area contributed by atoms with E-state index in [1.165, 1.54) is 0 Å². The van der Waals surface area contributed by atoms with E-state index in [4.69, 9.17) is 9.72 Å². The topological polar surface area (TPSA) is 59.7 Å². The van der Waals surface area contributed by atoms with Gasteiger partial charge in [-0.15, -0.1) is 0 Å². The second-order valence-electron chi connectivity index (χ2n) is 7.01. The second-order valence-corrected chi connectivity index (χ2v) is 7.01. The number of hydrogen-bond donors (Lipinski definition) is 0. The van der Waals surface area contributed by atoms with Crippen LogP contribution < -0.4 is 9.64 Å². The first-order chi connectivity index (χ1) is 14.7. The van der Waals surface area contributed by atoms with Crippen molar-refractivity contribution < 1.29 is 9.53 Å². The minimum absolute atomic E-state index is 0.0545. The average molecular weight is 400 g/mol. The summed E-state index contributed by atoms with van der Waals surface area (Å²) in [7, 11) is 1.64. The maximum Gasteiger partial charge on any atom is 0.259 e. The summed E-state index contributed by atoms with van der Waals surface area (Å²) < 4.78 is 7.06. The third-order valence-electron chi connectivity index (χ3n) is 5.01. The zero-order valence-electron chi connectivity index (χ0n) is 17.2. The smallest absolute Gasteiger partial charge is 0.259 e. The van der Waals surface area contributed by atoms with Crippen molar-refractivity contribution in [3.05, 3.63) is 78.5 Å². The Kier molecular flexibility index (Phi) is 5.75. The Morgan fingerprint density at radius 1 is 1.07 bits per heavy atom.